The van der Waals surface area contributed by atoms with Crippen molar-refractivity contribution in [3.8, 4) is 0 Å². The molecule has 0 fully saturated rings. The molecule has 6 nitrogen and oxygen atoms in total. The summed E-state index contributed by atoms with van der Waals surface area (Å²) in [5, 5.41) is 17.1. The van der Waals surface area contributed by atoms with Gasteiger partial charge in [0.2, 0.25) is 6.23 Å². The number of carboxylic acids is 1. The van der Waals surface area contributed by atoms with Gasteiger partial charge in [-0.15, -0.1) is 0 Å². The van der Waals surface area contributed by atoms with E-state index in [1.165, 1.54) is 18.2 Å². The Morgan fingerprint density at radius 1 is 1.37 bits per heavy atom. The summed E-state index contributed by atoms with van der Waals surface area (Å²) in [5.41, 5.74) is 0.671. The summed E-state index contributed by atoms with van der Waals surface area (Å²) < 4.78 is 0. The molecule has 19 heavy (non-hydrogen) atoms. The van der Waals surface area contributed by atoms with Crippen LogP contribution in [0.4, 0.5) is 0 Å². The molecule has 1 heterocycles. The summed E-state index contributed by atoms with van der Waals surface area (Å²) in [6.07, 6.45) is -0.0634. The molecule has 0 spiro atoms. The fourth-order valence-electron chi connectivity index (χ4n) is 1.66. The van der Waals surface area contributed by atoms with Crippen LogP contribution in [0, 0.1) is 0 Å². The summed E-state index contributed by atoms with van der Waals surface area (Å²) in [6.45, 7) is 1.78. The second-order valence-corrected chi connectivity index (χ2v) is 3.93. The second kappa shape index (κ2) is 6.70. The molecule has 2 rings (SSSR count). The smallest absolute Gasteiger partial charge is 0.545 e. The molecule has 0 saturated carbocycles. The number of nitrogens with zero attached hydrogens (tertiary/aromatic N) is 1. The molecule has 0 aromatic heterocycles. The van der Waals surface area contributed by atoms with Crippen LogP contribution in [-0.2, 0) is 4.84 Å². The van der Waals surface area contributed by atoms with Gasteiger partial charge < -0.3 is 20.1 Å². The van der Waals surface area contributed by atoms with Gasteiger partial charge in [0.1, 0.15) is 0 Å². The van der Waals surface area contributed by atoms with Crippen molar-refractivity contribution in [1.82, 2.24) is 5.32 Å². The number of carboxylic acid groups (broad SMARTS) is 1. The van der Waals surface area contributed by atoms with Gasteiger partial charge in [-0.25, -0.2) is 0 Å². The fourth-order valence-corrected chi connectivity index (χ4v) is 1.66. The molecule has 94 valence electrons. The standard InChI is InChI=1S/C12H12N2O4.Na/c1-7-6-10(18-14-7)13-11(15)8-4-2-3-5-9(8)12(16)17;/h2-5,10H,6H2,1H3,(H,13,15)(H,16,17);/q;+1/p-1. The zero-order valence-electron chi connectivity index (χ0n) is 10.7. The van der Waals surface area contributed by atoms with Crippen LogP contribution in [0.2, 0.25) is 0 Å². The first-order valence-electron chi connectivity index (χ1n) is 5.38. The van der Waals surface area contributed by atoms with E-state index in [1.54, 1.807) is 13.0 Å². The Morgan fingerprint density at radius 3 is 2.53 bits per heavy atom. The van der Waals surface area contributed by atoms with Gasteiger partial charge in [0.25, 0.3) is 5.91 Å². The largest absolute Gasteiger partial charge is 1.00 e. The minimum atomic E-state index is -1.39. The normalized spacial score (nSPS) is 16.9. The number of nitrogens with one attached hydrogen (secondary N) is 1. The Hall–Kier alpha value is -1.37. The molecule has 1 aromatic carbocycles. The van der Waals surface area contributed by atoms with Gasteiger partial charge in [-0.2, -0.15) is 0 Å². The first-order chi connectivity index (χ1) is 8.58. The summed E-state index contributed by atoms with van der Waals surface area (Å²) in [4.78, 5) is 27.7. The van der Waals surface area contributed by atoms with E-state index in [4.69, 9.17) is 4.84 Å². The molecule has 1 aliphatic rings. The van der Waals surface area contributed by atoms with E-state index in [0.29, 0.717) is 6.42 Å². The Kier molecular flexibility index (Phi) is 5.53. The van der Waals surface area contributed by atoms with Gasteiger partial charge in [0.05, 0.1) is 11.7 Å². The number of aromatic carboxylic acids is 1. The van der Waals surface area contributed by atoms with Crippen molar-refractivity contribution in [2.24, 2.45) is 5.16 Å². The molecule has 1 atom stereocenters. The van der Waals surface area contributed by atoms with E-state index in [1.807, 2.05) is 0 Å². The number of hydrogen-bond donors (Lipinski definition) is 1. The molecule has 1 N–H and O–H groups in total. The summed E-state index contributed by atoms with van der Waals surface area (Å²) in [6, 6.07) is 5.85. The minimum Gasteiger partial charge on any atom is -0.545 e. The molecule has 0 saturated heterocycles. The Balaban J connectivity index is 0.00000180. The van der Waals surface area contributed by atoms with Crippen LogP contribution >= 0.6 is 0 Å². The molecule has 7 heteroatoms. The van der Waals surface area contributed by atoms with Crippen LogP contribution in [0.15, 0.2) is 29.4 Å². The van der Waals surface area contributed by atoms with E-state index >= 15 is 0 Å². The average Bonchev–Trinajstić information content (AvgIpc) is 2.74. The third-order valence-corrected chi connectivity index (χ3v) is 2.50. The molecule has 1 unspecified atom stereocenters. The fraction of sp³-hybridized carbons (Fsp3) is 0.250. The minimum absolute atomic E-state index is 0. The van der Waals surface area contributed by atoms with E-state index in [0.717, 1.165) is 5.71 Å². The number of carbonyl (C=O) groups excluding carboxylic acids is 2. The molecular weight excluding hydrogens is 259 g/mol. The molecule has 1 amide bonds. The van der Waals surface area contributed by atoms with Crippen molar-refractivity contribution in [2.75, 3.05) is 0 Å². The maximum atomic E-state index is 11.9. The first-order valence-corrected chi connectivity index (χ1v) is 5.38. The maximum absolute atomic E-state index is 11.9. The molecular formula is C12H11N2NaO4. The van der Waals surface area contributed by atoms with Crippen molar-refractivity contribution < 1.29 is 49.1 Å². The van der Waals surface area contributed by atoms with Crippen LogP contribution in [0.1, 0.15) is 34.1 Å². The van der Waals surface area contributed by atoms with Gasteiger partial charge in [-0.1, -0.05) is 23.4 Å². The van der Waals surface area contributed by atoms with Crippen molar-refractivity contribution in [3.63, 3.8) is 0 Å². The molecule has 0 radical (unpaired) electrons. The summed E-state index contributed by atoms with van der Waals surface area (Å²) in [5.74, 6) is -1.91. The summed E-state index contributed by atoms with van der Waals surface area (Å²) in [7, 11) is 0. The SMILES string of the molecule is CC1=NOC(NC(=O)c2ccccc2C(=O)[O-])C1.[Na+]. The van der Waals surface area contributed by atoms with E-state index in [2.05, 4.69) is 10.5 Å². The number of amides is 1. The molecule has 0 bridgehead atoms. The molecule has 0 aliphatic carbocycles. The monoisotopic (exact) mass is 270 g/mol. The number of oxime groups is 1. The van der Waals surface area contributed by atoms with E-state index in [-0.39, 0.29) is 40.7 Å². The summed E-state index contributed by atoms with van der Waals surface area (Å²) >= 11 is 0. The number of benzene rings is 1. The van der Waals surface area contributed by atoms with Gasteiger partial charge in [-0.05, 0) is 13.0 Å². The van der Waals surface area contributed by atoms with Crippen molar-refractivity contribution in [2.45, 2.75) is 19.6 Å². The number of carbonyl (C=O) groups is 2. The van der Waals surface area contributed by atoms with Gasteiger partial charge in [0.15, 0.2) is 0 Å². The molecule has 1 aliphatic heterocycles. The maximum Gasteiger partial charge on any atom is 1.00 e. The third-order valence-electron chi connectivity index (χ3n) is 2.50. The van der Waals surface area contributed by atoms with Crippen molar-refractivity contribution in [3.05, 3.63) is 35.4 Å². The predicted molar refractivity (Wildman–Crippen MR) is 60.8 cm³/mol. The Bertz CT molecular complexity index is 530. The van der Waals surface area contributed by atoms with E-state index in [9.17, 15) is 14.7 Å². The predicted octanol–water partition coefficient (Wildman–Crippen LogP) is -3.09. The Labute approximate surface area is 132 Å². The van der Waals surface area contributed by atoms with Gasteiger partial charge in [0, 0.05) is 17.5 Å². The Morgan fingerprint density at radius 2 is 2.00 bits per heavy atom. The van der Waals surface area contributed by atoms with Crippen LogP contribution in [0.5, 0.6) is 0 Å². The quantitative estimate of drug-likeness (QED) is 0.589. The molecule has 1 aromatic rings. The van der Waals surface area contributed by atoms with Gasteiger partial charge >= 0.3 is 29.6 Å². The van der Waals surface area contributed by atoms with Crippen molar-refractivity contribution in [1.29, 1.82) is 0 Å². The zero-order valence-corrected chi connectivity index (χ0v) is 12.7. The van der Waals surface area contributed by atoms with Crippen LogP contribution in [0.25, 0.3) is 0 Å². The van der Waals surface area contributed by atoms with Crippen molar-refractivity contribution >= 4 is 17.6 Å². The van der Waals surface area contributed by atoms with Crippen LogP contribution in [0.3, 0.4) is 0 Å². The van der Waals surface area contributed by atoms with E-state index < -0.39 is 18.1 Å². The first kappa shape index (κ1) is 15.7. The zero-order chi connectivity index (χ0) is 13.1. The third kappa shape index (κ3) is 3.79. The number of rotatable bonds is 3. The second-order valence-electron chi connectivity index (χ2n) is 3.93. The van der Waals surface area contributed by atoms with Crippen LogP contribution < -0.4 is 40.0 Å². The van der Waals surface area contributed by atoms with Crippen LogP contribution in [-0.4, -0.2) is 23.8 Å². The number of hydrogen-bond acceptors (Lipinski definition) is 5. The topological polar surface area (TPSA) is 90.8 Å². The average molecular weight is 270 g/mol. The van der Waals surface area contributed by atoms with Gasteiger partial charge in [-0.3, -0.25) is 4.79 Å².